The number of carbonyl (C=O) groups is 2. The number of para-hydroxylation sites is 1. The van der Waals surface area contributed by atoms with Gasteiger partial charge in [-0.25, -0.2) is 5.48 Å². The van der Waals surface area contributed by atoms with E-state index in [0.29, 0.717) is 17.1 Å². The highest BCUT2D eigenvalue weighted by Crippen LogP contribution is 2.37. The summed E-state index contributed by atoms with van der Waals surface area (Å²) in [6, 6.07) is 9.17. The number of carbonyl (C=O) groups excluding carboxylic acids is 2. The number of aromatic nitrogens is 3. The first-order valence-corrected chi connectivity index (χ1v) is 10.1. The van der Waals surface area contributed by atoms with Crippen molar-refractivity contribution in [1.29, 1.82) is 0 Å². The molecular formula is C22H24N6O4. The van der Waals surface area contributed by atoms with Gasteiger partial charge in [-0.3, -0.25) is 24.1 Å². The third-order valence-electron chi connectivity index (χ3n) is 4.97. The van der Waals surface area contributed by atoms with Crippen LogP contribution in [0.5, 0.6) is 5.75 Å². The number of methoxy groups -OCH3 is 1. The predicted octanol–water partition coefficient (Wildman–Crippen LogP) is 2.42. The third kappa shape index (κ3) is 4.54. The van der Waals surface area contributed by atoms with Crippen molar-refractivity contribution >= 4 is 23.2 Å². The number of benzene rings is 1. The standard InChI is InChI=1S/C22H24N6O4/c1-28-10-9-16(26-28)14-5-4-6-17(20(14)31-2)25-18-11-19(22(30)24-13-7-8-13)23-12-15(18)21(29)27-32-3/h4-6,9-13H,7-8H2,1-3H3,(H,23,25)(H,24,30)(H,27,29). The quantitative estimate of drug-likeness (QED) is 0.464. The Morgan fingerprint density at radius 3 is 2.59 bits per heavy atom. The summed E-state index contributed by atoms with van der Waals surface area (Å²) in [7, 11) is 4.74. The molecule has 0 aliphatic heterocycles. The fourth-order valence-corrected chi connectivity index (χ4v) is 3.26. The molecule has 2 heterocycles. The summed E-state index contributed by atoms with van der Waals surface area (Å²) in [6.07, 6.45) is 5.11. The Morgan fingerprint density at radius 2 is 1.94 bits per heavy atom. The lowest BCUT2D eigenvalue weighted by Crippen LogP contribution is -2.27. The van der Waals surface area contributed by atoms with E-state index in [2.05, 4.69) is 26.2 Å². The highest BCUT2D eigenvalue weighted by molar-refractivity contribution is 6.02. The molecule has 2 amide bonds. The van der Waals surface area contributed by atoms with Gasteiger partial charge in [0.15, 0.2) is 5.75 Å². The van der Waals surface area contributed by atoms with Crippen molar-refractivity contribution in [1.82, 2.24) is 25.6 Å². The fraction of sp³-hybridized carbons (Fsp3) is 0.273. The van der Waals surface area contributed by atoms with Gasteiger partial charge in [0.1, 0.15) is 5.69 Å². The second-order valence-corrected chi connectivity index (χ2v) is 7.38. The smallest absolute Gasteiger partial charge is 0.278 e. The lowest BCUT2D eigenvalue weighted by atomic mass is 10.1. The van der Waals surface area contributed by atoms with Crippen LogP contribution in [0.15, 0.2) is 42.7 Å². The van der Waals surface area contributed by atoms with E-state index in [9.17, 15) is 9.59 Å². The van der Waals surface area contributed by atoms with Crippen LogP contribution >= 0.6 is 0 Å². The molecule has 2 aromatic heterocycles. The Morgan fingerprint density at radius 1 is 1.12 bits per heavy atom. The average molecular weight is 436 g/mol. The maximum Gasteiger partial charge on any atom is 0.278 e. The van der Waals surface area contributed by atoms with Gasteiger partial charge in [-0.05, 0) is 37.1 Å². The zero-order chi connectivity index (χ0) is 22.7. The minimum absolute atomic E-state index is 0.187. The molecule has 0 atom stereocenters. The number of nitrogens with one attached hydrogen (secondary N) is 3. The topological polar surface area (TPSA) is 119 Å². The lowest BCUT2D eigenvalue weighted by molar-refractivity contribution is 0.0538. The number of hydroxylamine groups is 1. The van der Waals surface area contributed by atoms with Crippen LogP contribution in [-0.4, -0.2) is 46.8 Å². The van der Waals surface area contributed by atoms with Crippen LogP contribution in [-0.2, 0) is 11.9 Å². The van der Waals surface area contributed by atoms with E-state index < -0.39 is 5.91 Å². The molecule has 3 aromatic rings. The summed E-state index contributed by atoms with van der Waals surface area (Å²) < 4.78 is 7.37. The van der Waals surface area contributed by atoms with Crippen LogP contribution in [0.3, 0.4) is 0 Å². The summed E-state index contributed by atoms with van der Waals surface area (Å²) in [5, 5.41) is 10.6. The van der Waals surface area contributed by atoms with Gasteiger partial charge >= 0.3 is 0 Å². The van der Waals surface area contributed by atoms with E-state index in [0.717, 1.165) is 24.1 Å². The van der Waals surface area contributed by atoms with Gasteiger partial charge < -0.3 is 15.4 Å². The van der Waals surface area contributed by atoms with Crippen LogP contribution in [0.25, 0.3) is 11.3 Å². The molecule has 1 aliphatic rings. The summed E-state index contributed by atoms with van der Waals surface area (Å²) >= 11 is 0. The summed E-state index contributed by atoms with van der Waals surface area (Å²) in [5.41, 5.74) is 5.19. The number of ether oxygens (including phenoxy) is 1. The van der Waals surface area contributed by atoms with E-state index in [1.54, 1.807) is 11.8 Å². The van der Waals surface area contributed by atoms with E-state index >= 15 is 0 Å². The molecule has 1 aromatic carbocycles. The Bertz CT molecular complexity index is 1160. The maximum absolute atomic E-state index is 12.5. The highest BCUT2D eigenvalue weighted by Gasteiger charge is 2.25. The highest BCUT2D eigenvalue weighted by atomic mass is 16.6. The summed E-state index contributed by atoms with van der Waals surface area (Å²) in [6.45, 7) is 0. The Hall–Kier alpha value is -3.92. The normalized spacial score (nSPS) is 12.8. The number of hydrogen-bond acceptors (Lipinski definition) is 7. The van der Waals surface area contributed by atoms with Gasteiger partial charge in [-0.15, -0.1) is 0 Å². The number of amides is 2. The van der Waals surface area contributed by atoms with Crippen molar-refractivity contribution in [3.8, 4) is 17.0 Å². The van der Waals surface area contributed by atoms with Gasteiger partial charge in [-0.1, -0.05) is 6.07 Å². The van der Waals surface area contributed by atoms with Gasteiger partial charge in [0.25, 0.3) is 11.8 Å². The molecule has 10 nitrogen and oxygen atoms in total. The predicted molar refractivity (Wildman–Crippen MR) is 118 cm³/mol. The van der Waals surface area contributed by atoms with Crippen LogP contribution in [0.2, 0.25) is 0 Å². The van der Waals surface area contributed by atoms with Gasteiger partial charge in [0.05, 0.1) is 36.9 Å². The molecule has 0 spiro atoms. The fourth-order valence-electron chi connectivity index (χ4n) is 3.26. The van der Waals surface area contributed by atoms with Crippen LogP contribution in [0.4, 0.5) is 11.4 Å². The molecule has 32 heavy (non-hydrogen) atoms. The van der Waals surface area contributed by atoms with Gasteiger partial charge in [-0.2, -0.15) is 5.10 Å². The monoisotopic (exact) mass is 436 g/mol. The van der Waals surface area contributed by atoms with Crippen molar-refractivity contribution < 1.29 is 19.2 Å². The number of aryl methyl sites for hydroxylation is 1. The average Bonchev–Trinajstić information content (AvgIpc) is 3.50. The maximum atomic E-state index is 12.5. The van der Waals surface area contributed by atoms with Crippen LogP contribution in [0, 0.1) is 0 Å². The minimum atomic E-state index is -0.503. The second-order valence-electron chi connectivity index (χ2n) is 7.38. The molecule has 1 fully saturated rings. The molecular weight excluding hydrogens is 412 g/mol. The first kappa shape index (κ1) is 21.3. The van der Waals surface area contributed by atoms with E-state index in [-0.39, 0.29) is 23.2 Å². The Kier molecular flexibility index (Phi) is 6.04. The summed E-state index contributed by atoms with van der Waals surface area (Å²) in [4.78, 5) is 33.9. The first-order chi connectivity index (χ1) is 15.5. The van der Waals surface area contributed by atoms with Gasteiger partial charge in [0.2, 0.25) is 0 Å². The molecule has 10 heteroatoms. The van der Waals surface area contributed by atoms with Crippen molar-refractivity contribution in [2.45, 2.75) is 18.9 Å². The van der Waals surface area contributed by atoms with E-state index in [4.69, 9.17) is 9.57 Å². The number of pyridine rings is 1. The molecule has 166 valence electrons. The van der Waals surface area contributed by atoms with E-state index in [1.807, 2.05) is 37.5 Å². The molecule has 0 saturated heterocycles. The van der Waals surface area contributed by atoms with Gasteiger partial charge in [0, 0.05) is 31.0 Å². The van der Waals surface area contributed by atoms with Crippen molar-refractivity contribution in [3.63, 3.8) is 0 Å². The van der Waals surface area contributed by atoms with E-state index in [1.165, 1.54) is 19.4 Å². The SMILES string of the molecule is CONC(=O)c1cnc(C(=O)NC2CC2)cc1Nc1cccc(-c2ccn(C)n2)c1OC. The van der Waals surface area contributed by atoms with Crippen LogP contribution in [0.1, 0.15) is 33.7 Å². The van der Waals surface area contributed by atoms with Crippen LogP contribution < -0.4 is 20.9 Å². The molecule has 0 bridgehead atoms. The Labute approximate surface area is 184 Å². The third-order valence-corrected chi connectivity index (χ3v) is 4.97. The molecule has 1 aliphatic carbocycles. The number of nitrogens with zero attached hydrogens (tertiary/aromatic N) is 3. The van der Waals surface area contributed by atoms with Crippen molar-refractivity contribution in [3.05, 3.63) is 54.0 Å². The van der Waals surface area contributed by atoms with Crippen molar-refractivity contribution in [2.24, 2.45) is 7.05 Å². The number of rotatable bonds is 8. The molecule has 0 radical (unpaired) electrons. The number of anilines is 2. The molecule has 0 unspecified atom stereocenters. The Balaban J connectivity index is 1.73. The van der Waals surface area contributed by atoms with Crippen molar-refractivity contribution in [2.75, 3.05) is 19.5 Å². The first-order valence-electron chi connectivity index (χ1n) is 10.1. The zero-order valence-corrected chi connectivity index (χ0v) is 18.0. The largest absolute Gasteiger partial charge is 0.494 e. The molecule has 4 rings (SSSR count). The zero-order valence-electron chi connectivity index (χ0n) is 18.0. The number of hydrogen-bond donors (Lipinski definition) is 3. The molecule has 1 saturated carbocycles. The minimum Gasteiger partial charge on any atom is -0.494 e. The summed E-state index contributed by atoms with van der Waals surface area (Å²) in [5.74, 6) is -0.245. The molecule has 3 N–H and O–H groups in total. The second kappa shape index (κ2) is 9.06. The lowest BCUT2D eigenvalue weighted by Gasteiger charge is -2.17.